The average molecular weight is 839 g/mol. The number of ether oxygens (including phenoxy) is 2. The number of piperidine rings is 1. The van der Waals surface area contributed by atoms with Crippen molar-refractivity contribution in [3.63, 3.8) is 0 Å². The van der Waals surface area contributed by atoms with Crippen LogP contribution in [0.1, 0.15) is 160 Å². The molecule has 2 fully saturated rings. The molecule has 0 bridgehead atoms. The molecule has 1 saturated carbocycles. The first kappa shape index (κ1) is 43.8. The van der Waals surface area contributed by atoms with Crippen molar-refractivity contribution in [2.75, 3.05) is 25.1 Å². The zero-order chi connectivity index (χ0) is 43.0. The minimum Gasteiger partial charge on any atom is -0.497 e. The highest BCUT2D eigenvalue weighted by Gasteiger charge is 2.44. The maximum atomic E-state index is 17.8. The summed E-state index contributed by atoms with van der Waals surface area (Å²) >= 11 is 0. The quantitative estimate of drug-likeness (QED) is 0.142. The van der Waals surface area contributed by atoms with Crippen LogP contribution in [0.5, 0.6) is 5.75 Å². The van der Waals surface area contributed by atoms with Gasteiger partial charge in [0.1, 0.15) is 5.75 Å². The topological polar surface area (TPSA) is 80.6 Å². The number of anilines is 1. The Labute approximate surface area is 349 Å². The molecule has 7 nitrogen and oxygen atoms in total. The van der Waals surface area contributed by atoms with Crippen LogP contribution in [0.2, 0.25) is 0 Å². The number of fused-ring (bicyclic) bond motifs is 1. The Morgan fingerprint density at radius 2 is 1.50 bits per heavy atom. The summed E-state index contributed by atoms with van der Waals surface area (Å²) in [5.41, 5.74) is 3.38. The molecule has 4 aromatic rings. The van der Waals surface area contributed by atoms with E-state index < -0.39 is 42.0 Å². The van der Waals surface area contributed by atoms with Crippen molar-refractivity contribution in [1.82, 2.24) is 15.0 Å². The standard InChI is InChI=1S/C47H56F6N4O3/c1-28(2)22-37(58)33-25-54-44(55-26-33)57-20-16-32(17-21-57)43-41(42(48)31-8-10-34(11-9-31)47(51,52)53)39(30-14-18-46(49,50)19-15-30)40-36(56-43)23-45(3,4)24-38(40)60-27-29-6-12-35(59-5)13-7-29/h6-13,25-26,28,30,32,37-38,42,58H,14-24,27H2,1-5H3. The minimum absolute atomic E-state index is 0.0470. The fourth-order valence-corrected chi connectivity index (χ4v) is 9.34. The third-order valence-corrected chi connectivity index (χ3v) is 12.6. The maximum Gasteiger partial charge on any atom is 0.416 e. The van der Waals surface area contributed by atoms with Crippen molar-refractivity contribution in [2.45, 2.75) is 134 Å². The van der Waals surface area contributed by atoms with Crippen molar-refractivity contribution < 1.29 is 40.9 Å². The Bertz CT molecular complexity index is 2060. The lowest BCUT2D eigenvalue weighted by Crippen LogP contribution is -2.36. The van der Waals surface area contributed by atoms with Gasteiger partial charge in [-0.15, -0.1) is 0 Å². The van der Waals surface area contributed by atoms with Crippen LogP contribution in [0, 0.1) is 11.3 Å². The van der Waals surface area contributed by atoms with E-state index in [1.807, 2.05) is 43.0 Å². The molecule has 0 spiro atoms. The predicted octanol–water partition coefficient (Wildman–Crippen LogP) is 11.9. The van der Waals surface area contributed by atoms with E-state index in [0.717, 1.165) is 29.0 Å². The lowest BCUT2D eigenvalue weighted by molar-refractivity contribution is -0.137. The molecular formula is C47H56F6N4O3. The summed E-state index contributed by atoms with van der Waals surface area (Å²) in [5, 5.41) is 10.6. The number of benzene rings is 2. The van der Waals surface area contributed by atoms with E-state index in [1.54, 1.807) is 19.5 Å². The third kappa shape index (κ3) is 9.93. The number of methoxy groups -OCH3 is 1. The molecule has 2 aliphatic carbocycles. The molecule has 13 heteroatoms. The second-order valence-corrected chi connectivity index (χ2v) is 18.2. The van der Waals surface area contributed by atoms with Crippen LogP contribution < -0.4 is 9.64 Å². The number of aliphatic hydroxyl groups is 1. The summed E-state index contributed by atoms with van der Waals surface area (Å²) in [7, 11) is 1.59. The lowest BCUT2D eigenvalue weighted by Gasteiger charge is -2.42. The molecule has 1 aliphatic heterocycles. The first-order valence-electron chi connectivity index (χ1n) is 21.2. The van der Waals surface area contributed by atoms with Gasteiger partial charge in [-0.25, -0.2) is 23.1 Å². The molecular weight excluding hydrogens is 783 g/mol. The molecule has 1 N–H and O–H groups in total. The van der Waals surface area contributed by atoms with Crippen molar-refractivity contribution in [1.29, 1.82) is 0 Å². The van der Waals surface area contributed by atoms with Gasteiger partial charge < -0.3 is 19.5 Å². The summed E-state index contributed by atoms with van der Waals surface area (Å²) < 4.78 is 101. The molecule has 1 saturated heterocycles. The normalized spacial score (nSPS) is 20.8. The molecule has 324 valence electrons. The zero-order valence-electron chi connectivity index (χ0n) is 35.0. The van der Waals surface area contributed by atoms with Crippen LogP contribution >= 0.6 is 0 Å². The molecule has 2 aromatic carbocycles. The third-order valence-electron chi connectivity index (χ3n) is 12.6. The number of nitrogens with zero attached hydrogens (tertiary/aromatic N) is 4. The highest BCUT2D eigenvalue weighted by Crippen LogP contribution is 2.53. The number of aromatic nitrogens is 3. The number of alkyl halides is 6. The monoisotopic (exact) mass is 838 g/mol. The lowest BCUT2D eigenvalue weighted by atomic mass is 9.68. The van der Waals surface area contributed by atoms with Crippen LogP contribution in [0.4, 0.5) is 32.3 Å². The molecule has 3 unspecified atom stereocenters. The van der Waals surface area contributed by atoms with Crippen molar-refractivity contribution in [3.05, 3.63) is 111 Å². The Morgan fingerprint density at radius 3 is 2.08 bits per heavy atom. The van der Waals surface area contributed by atoms with E-state index in [1.165, 1.54) is 12.1 Å². The first-order chi connectivity index (χ1) is 28.4. The summed E-state index contributed by atoms with van der Waals surface area (Å²) in [6.07, 6.45) is -1.99. The van der Waals surface area contributed by atoms with E-state index in [9.17, 15) is 27.1 Å². The Hall–Kier alpha value is -4.23. The molecule has 3 aliphatic rings. The number of hydrogen-bond donors (Lipinski definition) is 1. The summed E-state index contributed by atoms with van der Waals surface area (Å²) in [6, 6.07) is 11.7. The highest BCUT2D eigenvalue weighted by atomic mass is 19.4. The highest BCUT2D eigenvalue weighted by molar-refractivity contribution is 5.51. The molecule has 3 heterocycles. The van der Waals surface area contributed by atoms with Gasteiger partial charge in [-0.2, -0.15) is 13.2 Å². The summed E-state index contributed by atoms with van der Waals surface area (Å²) in [6.45, 7) is 9.64. The van der Waals surface area contributed by atoms with Crippen LogP contribution in [0.3, 0.4) is 0 Å². The van der Waals surface area contributed by atoms with E-state index in [4.69, 9.17) is 14.5 Å². The maximum absolute atomic E-state index is 17.8. The Balaban J connectivity index is 1.31. The van der Waals surface area contributed by atoms with E-state index in [2.05, 4.69) is 23.8 Å². The van der Waals surface area contributed by atoms with Gasteiger partial charge in [0.05, 0.1) is 37.2 Å². The average Bonchev–Trinajstić information content (AvgIpc) is 3.21. The fourth-order valence-electron chi connectivity index (χ4n) is 9.34. The Kier molecular flexibility index (Phi) is 12.9. The van der Waals surface area contributed by atoms with Crippen LogP contribution in [0.25, 0.3) is 0 Å². The number of hydrogen-bond acceptors (Lipinski definition) is 7. The first-order valence-corrected chi connectivity index (χ1v) is 21.2. The number of pyridine rings is 1. The second-order valence-electron chi connectivity index (χ2n) is 18.2. The van der Waals surface area contributed by atoms with Gasteiger partial charge in [0.2, 0.25) is 11.9 Å². The smallest absolute Gasteiger partial charge is 0.416 e. The largest absolute Gasteiger partial charge is 0.497 e. The van der Waals surface area contributed by atoms with Gasteiger partial charge >= 0.3 is 6.18 Å². The van der Waals surface area contributed by atoms with Crippen LogP contribution in [0.15, 0.2) is 60.9 Å². The van der Waals surface area contributed by atoms with Gasteiger partial charge in [0, 0.05) is 66.6 Å². The van der Waals surface area contributed by atoms with E-state index in [0.29, 0.717) is 79.6 Å². The molecule has 3 atom stereocenters. The van der Waals surface area contributed by atoms with Gasteiger partial charge in [0.25, 0.3) is 0 Å². The van der Waals surface area contributed by atoms with Crippen molar-refractivity contribution in [2.24, 2.45) is 11.3 Å². The number of rotatable bonds is 12. The molecule has 0 radical (unpaired) electrons. The molecule has 2 aromatic heterocycles. The molecule has 0 amide bonds. The van der Waals surface area contributed by atoms with Crippen molar-refractivity contribution in [3.8, 4) is 5.75 Å². The zero-order valence-corrected chi connectivity index (χ0v) is 35.0. The van der Waals surface area contributed by atoms with E-state index in [-0.39, 0.29) is 54.7 Å². The SMILES string of the molecule is COc1ccc(COC2CC(C)(C)Cc3nc(C4CCN(c5ncc(C(O)CC(C)C)cn5)CC4)c(C(F)c4ccc(C(F)(F)F)cc4)c(C4CCC(F)(F)CC4)c32)cc1. The van der Waals surface area contributed by atoms with Gasteiger partial charge in [-0.3, -0.25) is 4.98 Å². The molecule has 7 rings (SSSR count). The van der Waals surface area contributed by atoms with Crippen LogP contribution in [-0.4, -0.2) is 46.2 Å². The van der Waals surface area contributed by atoms with Gasteiger partial charge in [0.15, 0.2) is 6.17 Å². The van der Waals surface area contributed by atoms with Crippen molar-refractivity contribution >= 4 is 5.95 Å². The Morgan fingerprint density at radius 1 is 0.867 bits per heavy atom. The van der Waals surface area contributed by atoms with Crippen LogP contribution in [-0.2, 0) is 23.9 Å². The summed E-state index contributed by atoms with van der Waals surface area (Å²) in [4.78, 5) is 16.6. The minimum atomic E-state index is -4.60. The number of halogens is 6. The summed E-state index contributed by atoms with van der Waals surface area (Å²) in [5.74, 6) is -2.01. The molecule has 60 heavy (non-hydrogen) atoms. The van der Waals surface area contributed by atoms with Gasteiger partial charge in [-0.05, 0) is 103 Å². The predicted molar refractivity (Wildman–Crippen MR) is 218 cm³/mol. The van der Waals surface area contributed by atoms with Gasteiger partial charge in [-0.1, -0.05) is 52.0 Å². The second kappa shape index (κ2) is 17.6. The number of aliphatic hydroxyl groups excluding tert-OH is 1. The fraction of sp³-hybridized carbons (Fsp3) is 0.553. The van der Waals surface area contributed by atoms with E-state index >= 15 is 4.39 Å².